The zero-order valence-corrected chi connectivity index (χ0v) is 14.6. The van der Waals surface area contributed by atoms with Crippen LogP contribution in [0.5, 0.6) is 0 Å². The molecule has 0 unspecified atom stereocenters. The van der Waals surface area contributed by atoms with E-state index in [1.807, 2.05) is 24.3 Å². The molecule has 0 aliphatic heterocycles. The molecule has 6 nitrogen and oxygen atoms in total. The van der Waals surface area contributed by atoms with Gasteiger partial charge in [-0.2, -0.15) is 0 Å². The summed E-state index contributed by atoms with van der Waals surface area (Å²) >= 11 is 3.39. The predicted octanol–water partition coefficient (Wildman–Crippen LogP) is 2.78. The number of halogens is 1. The van der Waals surface area contributed by atoms with Gasteiger partial charge in [-0.25, -0.2) is 10.0 Å². The van der Waals surface area contributed by atoms with E-state index >= 15 is 0 Å². The Morgan fingerprint density at radius 2 is 2.04 bits per heavy atom. The molecule has 0 saturated heterocycles. The van der Waals surface area contributed by atoms with Crippen molar-refractivity contribution in [3.63, 3.8) is 0 Å². The van der Waals surface area contributed by atoms with Gasteiger partial charge in [0.15, 0.2) is 0 Å². The smallest absolute Gasteiger partial charge is 0.274 e. The Hall–Kier alpha value is -2.51. The van der Waals surface area contributed by atoms with Crippen LogP contribution < -0.4 is 5.56 Å². The Morgan fingerprint density at radius 1 is 1.25 bits per heavy atom. The molecule has 0 atom stereocenters. The fourth-order valence-electron chi connectivity index (χ4n) is 2.33. The largest absolute Gasteiger partial charge is 0.277 e. The molecule has 0 aliphatic carbocycles. The average Bonchev–Trinajstić information content (AvgIpc) is 2.60. The molecule has 1 heterocycles. The van der Waals surface area contributed by atoms with Gasteiger partial charge in [0, 0.05) is 17.1 Å². The molecule has 122 valence electrons. The summed E-state index contributed by atoms with van der Waals surface area (Å²) in [6, 6.07) is 12.2. The van der Waals surface area contributed by atoms with Gasteiger partial charge in [0.2, 0.25) is 0 Å². The summed E-state index contributed by atoms with van der Waals surface area (Å²) in [6.07, 6.45) is 1.46. The summed E-state index contributed by atoms with van der Waals surface area (Å²) in [6.45, 7) is 0. The number of benzene rings is 2. The fourth-order valence-corrected chi connectivity index (χ4v) is 2.72. The highest BCUT2D eigenvalue weighted by atomic mass is 79.9. The second-order valence-corrected chi connectivity index (χ2v) is 6.03. The van der Waals surface area contributed by atoms with E-state index in [9.17, 15) is 9.59 Å². The maximum atomic E-state index is 12.7. The molecule has 0 bridgehead atoms. The summed E-state index contributed by atoms with van der Waals surface area (Å²) in [4.78, 5) is 34.0. The number of hydrogen-bond acceptors (Lipinski definition) is 4. The molecule has 0 N–H and O–H groups in total. The fraction of sp³-hybridized carbons (Fsp3) is 0.118. The minimum Gasteiger partial charge on any atom is -0.274 e. The lowest BCUT2D eigenvalue weighted by Crippen LogP contribution is -2.25. The first kappa shape index (κ1) is 16.4. The minimum absolute atomic E-state index is 0.197. The first-order chi connectivity index (χ1) is 11.5. The summed E-state index contributed by atoms with van der Waals surface area (Å²) in [5, 5.41) is 1.55. The maximum Gasteiger partial charge on any atom is 0.277 e. The predicted molar refractivity (Wildman–Crippen MR) is 94.1 cm³/mol. The second kappa shape index (κ2) is 6.54. The summed E-state index contributed by atoms with van der Waals surface area (Å²) in [5.41, 5.74) is 1.38. The van der Waals surface area contributed by atoms with Gasteiger partial charge < -0.3 is 0 Å². The van der Waals surface area contributed by atoms with Crippen LogP contribution in [0.2, 0.25) is 0 Å². The first-order valence-electron chi connectivity index (χ1n) is 7.11. The highest BCUT2D eigenvalue weighted by molar-refractivity contribution is 9.10. The number of rotatable bonds is 3. The van der Waals surface area contributed by atoms with Crippen LogP contribution in [-0.4, -0.2) is 34.7 Å². The van der Waals surface area contributed by atoms with Gasteiger partial charge in [0.25, 0.3) is 11.5 Å². The molecule has 3 aromatic rings. The van der Waals surface area contributed by atoms with E-state index < -0.39 is 0 Å². The van der Waals surface area contributed by atoms with Crippen molar-refractivity contribution in [1.82, 2.24) is 14.6 Å². The molecule has 24 heavy (non-hydrogen) atoms. The van der Waals surface area contributed by atoms with E-state index in [0.29, 0.717) is 22.2 Å². The van der Waals surface area contributed by atoms with Gasteiger partial charge in [-0.15, -0.1) is 0 Å². The van der Waals surface area contributed by atoms with E-state index in [0.717, 1.165) is 9.54 Å². The Morgan fingerprint density at radius 3 is 2.75 bits per heavy atom. The SMILES string of the molecule is CON(C)C(=O)c1ccc2c(=O)n(-c3cccc(Br)c3)cnc2c1. The Balaban J connectivity index is 2.11. The average molecular weight is 388 g/mol. The number of hydrogen-bond donors (Lipinski definition) is 0. The Bertz CT molecular complexity index is 984. The van der Waals surface area contributed by atoms with Gasteiger partial charge in [0.05, 0.1) is 23.7 Å². The van der Waals surface area contributed by atoms with Crippen LogP contribution >= 0.6 is 15.9 Å². The third-order valence-corrected chi connectivity index (χ3v) is 4.15. The molecule has 1 amide bonds. The molecule has 1 aromatic heterocycles. The van der Waals surface area contributed by atoms with Crippen molar-refractivity contribution < 1.29 is 9.63 Å². The molecule has 0 radical (unpaired) electrons. The standard InChI is InChI=1S/C17H14BrN3O3/c1-20(24-2)16(22)11-6-7-14-15(8-11)19-10-21(17(14)23)13-5-3-4-12(18)9-13/h3-10H,1-2H3. The monoisotopic (exact) mass is 387 g/mol. The van der Waals surface area contributed by atoms with E-state index in [4.69, 9.17) is 4.84 Å². The number of hydroxylamine groups is 2. The molecule has 3 rings (SSSR count). The zero-order valence-electron chi connectivity index (χ0n) is 13.1. The lowest BCUT2D eigenvalue weighted by Gasteiger charge is -2.14. The van der Waals surface area contributed by atoms with Crippen molar-refractivity contribution in [3.8, 4) is 5.69 Å². The number of amides is 1. The van der Waals surface area contributed by atoms with Crippen LogP contribution in [-0.2, 0) is 4.84 Å². The van der Waals surface area contributed by atoms with Crippen molar-refractivity contribution >= 4 is 32.7 Å². The quantitative estimate of drug-likeness (QED) is 0.648. The lowest BCUT2D eigenvalue weighted by atomic mass is 10.1. The van der Waals surface area contributed by atoms with Crippen molar-refractivity contribution in [1.29, 1.82) is 0 Å². The third-order valence-electron chi connectivity index (χ3n) is 3.65. The lowest BCUT2D eigenvalue weighted by molar-refractivity contribution is -0.0756. The molecule has 0 aliphatic rings. The summed E-state index contributed by atoms with van der Waals surface area (Å²) in [7, 11) is 2.93. The van der Waals surface area contributed by atoms with Crippen LogP contribution in [0.1, 0.15) is 10.4 Å². The molecular formula is C17H14BrN3O3. The van der Waals surface area contributed by atoms with Crippen molar-refractivity contribution in [2.45, 2.75) is 0 Å². The number of carbonyl (C=O) groups excluding carboxylic acids is 1. The normalized spacial score (nSPS) is 10.8. The Kier molecular flexibility index (Phi) is 4.46. The highest BCUT2D eigenvalue weighted by Gasteiger charge is 2.14. The number of carbonyl (C=O) groups is 1. The molecule has 0 spiro atoms. The topological polar surface area (TPSA) is 64.4 Å². The van der Waals surface area contributed by atoms with Crippen LogP contribution in [0.3, 0.4) is 0 Å². The maximum absolute atomic E-state index is 12.7. The van der Waals surface area contributed by atoms with Gasteiger partial charge in [-0.1, -0.05) is 22.0 Å². The highest BCUT2D eigenvalue weighted by Crippen LogP contribution is 2.16. The minimum atomic E-state index is -0.308. The van der Waals surface area contributed by atoms with Gasteiger partial charge in [0.1, 0.15) is 6.33 Å². The van der Waals surface area contributed by atoms with E-state index in [1.165, 1.54) is 25.1 Å². The van der Waals surface area contributed by atoms with E-state index in [-0.39, 0.29) is 11.5 Å². The van der Waals surface area contributed by atoms with Gasteiger partial charge in [-0.3, -0.25) is 19.0 Å². The second-order valence-electron chi connectivity index (χ2n) is 5.12. The number of aromatic nitrogens is 2. The van der Waals surface area contributed by atoms with Crippen molar-refractivity contribution in [3.05, 3.63) is 69.2 Å². The summed E-state index contributed by atoms with van der Waals surface area (Å²) in [5.74, 6) is -0.308. The van der Waals surface area contributed by atoms with Crippen molar-refractivity contribution in [2.24, 2.45) is 0 Å². The van der Waals surface area contributed by atoms with Crippen molar-refractivity contribution in [2.75, 3.05) is 14.2 Å². The first-order valence-corrected chi connectivity index (χ1v) is 7.90. The molecule has 0 fully saturated rings. The van der Waals surface area contributed by atoms with Gasteiger partial charge >= 0.3 is 0 Å². The van der Waals surface area contributed by atoms with Crippen LogP contribution in [0.15, 0.2) is 58.1 Å². The molecule has 0 saturated carbocycles. The van der Waals surface area contributed by atoms with Gasteiger partial charge in [-0.05, 0) is 36.4 Å². The molecule has 7 heteroatoms. The van der Waals surface area contributed by atoms with E-state index in [1.54, 1.807) is 18.2 Å². The summed E-state index contributed by atoms with van der Waals surface area (Å²) < 4.78 is 2.34. The van der Waals surface area contributed by atoms with Crippen LogP contribution in [0.25, 0.3) is 16.6 Å². The number of fused-ring (bicyclic) bond motifs is 1. The Labute approximate surface area is 146 Å². The third kappa shape index (κ3) is 2.95. The van der Waals surface area contributed by atoms with E-state index in [2.05, 4.69) is 20.9 Å². The molecular weight excluding hydrogens is 374 g/mol. The van der Waals surface area contributed by atoms with Crippen LogP contribution in [0.4, 0.5) is 0 Å². The molecule has 2 aromatic carbocycles. The van der Waals surface area contributed by atoms with Crippen LogP contribution in [0, 0.1) is 0 Å². The zero-order chi connectivity index (χ0) is 17.3. The number of nitrogens with zero attached hydrogens (tertiary/aromatic N) is 3.